The molecule has 1 aliphatic heterocycles. The summed E-state index contributed by atoms with van der Waals surface area (Å²) in [5.41, 5.74) is 0.501. The van der Waals surface area contributed by atoms with E-state index < -0.39 is 30.2 Å². The summed E-state index contributed by atoms with van der Waals surface area (Å²) < 4.78 is 86.1. The fourth-order valence-electron chi connectivity index (χ4n) is 4.43. The first-order valence-electron chi connectivity index (χ1n) is 13.2. The van der Waals surface area contributed by atoms with Crippen molar-refractivity contribution in [2.45, 2.75) is 38.2 Å². The van der Waals surface area contributed by atoms with Gasteiger partial charge in [0.1, 0.15) is 5.67 Å². The van der Waals surface area contributed by atoms with Crippen LogP contribution in [0.4, 0.5) is 43.7 Å². The van der Waals surface area contributed by atoms with E-state index in [4.69, 9.17) is 27.9 Å². The predicted octanol–water partition coefficient (Wildman–Crippen LogP) is 6.23. The number of imidazole rings is 1. The molecule has 2 heterocycles. The third kappa shape index (κ3) is 7.59. The van der Waals surface area contributed by atoms with E-state index in [1.165, 1.54) is 19.9 Å². The molecule has 4 rings (SSSR count). The molecule has 0 atom stereocenters. The summed E-state index contributed by atoms with van der Waals surface area (Å²) in [6.45, 7) is 2.69. The van der Waals surface area contributed by atoms with Gasteiger partial charge in [0.2, 0.25) is 5.95 Å². The van der Waals surface area contributed by atoms with Crippen LogP contribution in [0.25, 0.3) is 11.0 Å². The van der Waals surface area contributed by atoms with Crippen LogP contribution in [0.15, 0.2) is 24.3 Å². The number of alkyl halides is 6. The highest BCUT2D eigenvalue weighted by Gasteiger charge is 2.57. The average Bonchev–Trinajstić information content (AvgIpc) is 3.23. The molecule has 0 spiro atoms. The third-order valence-electron chi connectivity index (χ3n) is 6.75. The van der Waals surface area contributed by atoms with Gasteiger partial charge < -0.3 is 30.2 Å². The molecule has 0 saturated carbocycles. The largest absolute Gasteiger partial charge is 0.455 e. The zero-order valence-electron chi connectivity index (χ0n) is 23.4. The fraction of sp³-hybridized carbons (Fsp3) is 0.481. The second-order valence-electron chi connectivity index (χ2n) is 10.7. The van der Waals surface area contributed by atoms with Crippen molar-refractivity contribution >= 4 is 57.5 Å². The zero-order chi connectivity index (χ0) is 31.7. The Morgan fingerprint density at radius 3 is 2.35 bits per heavy atom. The number of ether oxygens (including phenoxy) is 1. The summed E-state index contributed by atoms with van der Waals surface area (Å²) in [6.07, 6.45) is -5.82. The van der Waals surface area contributed by atoms with Gasteiger partial charge >= 0.3 is 12.1 Å². The number of carbonyl (C=O) groups is 1. The number of carbonyl (C=O) groups excluding carboxylic acids is 1. The first-order valence-corrected chi connectivity index (χ1v) is 13.9. The number of hydrogen-bond acceptors (Lipinski definition) is 6. The summed E-state index contributed by atoms with van der Waals surface area (Å²) >= 11 is 13.1. The van der Waals surface area contributed by atoms with Crippen LogP contribution < -0.4 is 20.9 Å². The minimum absolute atomic E-state index is 0.0920. The number of rotatable bonds is 10. The molecule has 1 fully saturated rings. The number of amides is 1. The van der Waals surface area contributed by atoms with Gasteiger partial charge in [0.05, 0.1) is 57.8 Å². The molecule has 16 heteroatoms. The van der Waals surface area contributed by atoms with Gasteiger partial charge in [-0.15, -0.1) is 0 Å². The van der Waals surface area contributed by atoms with Gasteiger partial charge in [-0.3, -0.25) is 4.79 Å². The van der Waals surface area contributed by atoms with Crippen molar-refractivity contribution in [3.8, 4) is 0 Å². The van der Waals surface area contributed by atoms with E-state index in [0.717, 1.165) is 0 Å². The summed E-state index contributed by atoms with van der Waals surface area (Å²) in [6, 6.07) is 6.25. The molecule has 0 bridgehead atoms. The van der Waals surface area contributed by atoms with E-state index in [1.54, 1.807) is 40.0 Å². The van der Waals surface area contributed by atoms with E-state index in [1.807, 2.05) is 0 Å². The summed E-state index contributed by atoms with van der Waals surface area (Å²) in [5, 5.41) is 8.33. The molecule has 8 nitrogen and oxygen atoms in total. The number of anilines is 3. The Labute approximate surface area is 253 Å². The number of hydrogen-bond donors (Lipinski definition) is 3. The standard InChI is InChI=1S/C27H30Cl2F6N6O2/c1-25(2,30)13-36-12-15-4-5-17(28)22(21(15)29)39-24-38-18-10-16(23(42)37-14-26(31,32)27(33,34)35)19(11-20(18)40(24)3)41-6-8-43-9-7-41/h4-5,10-11,36H,6-9,12-14H2,1-3H3,(H,37,42)(H,38,39). The maximum Gasteiger partial charge on any atom is 0.455 e. The quantitative estimate of drug-likeness (QED) is 0.225. The number of benzene rings is 2. The lowest BCUT2D eigenvalue weighted by Gasteiger charge is -2.30. The first kappa shape index (κ1) is 33.0. The number of fused-ring (bicyclic) bond motifs is 1. The Bertz CT molecular complexity index is 1490. The molecule has 0 aliphatic carbocycles. The lowest BCUT2D eigenvalue weighted by Crippen LogP contribution is -2.47. The Morgan fingerprint density at radius 2 is 1.72 bits per heavy atom. The summed E-state index contributed by atoms with van der Waals surface area (Å²) in [7, 11) is 1.68. The number of halogens is 8. The second kappa shape index (κ2) is 12.6. The maximum atomic E-state index is 13.9. The van der Waals surface area contributed by atoms with Crippen molar-refractivity contribution in [2.75, 3.05) is 49.6 Å². The lowest BCUT2D eigenvalue weighted by molar-refractivity contribution is -0.278. The van der Waals surface area contributed by atoms with Crippen LogP contribution in [-0.2, 0) is 18.3 Å². The van der Waals surface area contributed by atoms with E-state index in [0.29, 0.717) is 48.8 Å². The fourth-order valence-corrected chi connectivity index (χ4v) is 4.96. The minimum Gasteiger partial charge on any atom is -0.378 e. The van der Waals surface area contributed by atoms with Gasteiger partial charge in [0.15, 0.2) is 0 Å². The lowest BCUT2D eigenvalue weighted by atomic mass is 10.1. The van der Waals surface area contributed by atoms with Crippen LogP contribution in [-0.4, -0.2) is 72.6 Å². The van der Waals surface area contributed by atoms with Crippen LogP contribution in [0.1, 0.15) is 29.8 Å². The normalized spacial score (nSPS) is 14.8. The first-order chi connectivity index (χ1) is 20.0. The molecule has 3 N–H and O–H groups in total. The molecule has 0 unspecified atom stereocenters. The Hall–Kier alpha value is -2.94. The van der Waals surface area contributed by atoms with Crippen molar-refractivity contribution < 1.29 is 35.9 Å². The second-order valence-corrected chi connectivity index (χ2v) is 11.5. The number of aryl methyl sites for hydroxylation is 1. The maximum absolute atomic E-state index is 13.9. The van der Waals surface area contributed by atoms with Crippen molar-refractivity contribution in [1.29, 1.82) is 0 Å². The molecular formula is C27H30Cl2F6N6O2. The van der Waals surface area contributed by atoms with Crippen LogP contribution >= 0.6 is 23.2 Å². The highest BCUT2D eigenvalue weighted by atomic mass is 35.5. The van der Waals surface area contributed by atoms with Crippen LogP contribution in [0, 0.1) is 0 Å². The number of morpholine rings is 1. The van der Waals surface area contributed by atoms with Gasteiger partial charge in [-0.2, -0.15) is 22.0 Å². The van der Waals surface area contributed by atoms with Gasteiger partial charge in [-0.25, -0.2) is 9.37 Å². The van der Waals surface area contributed by atoms with E-state index in [-0.39, 0.29) is 40.2 Å². The molecular weight excluding hydrogens is 625 g/mol. The molecule has 43 heavy (non-hydrogen) atoms. The van der Waals surface area contributed by atoms with E-state index >= 15 is 0 Å². The van der Waals surface area contributed by atoms with E-state index in [2.05, 4.69) is 15.6 Å². The number of nitrogens with zero attached hydrogens (tertiary/aromatic N) is 3. The van der Waals surface area contributed by atoms with Crippen molar-refractivity contribution in [2.24, 2.45) is 7.05 Å². The smallest absolute Gasteiger partial charge is 0.378 e. The van der Waals surface area contributed by atoms with E-state index in [9.17, 15) is 31.1 Å². The van der Waals surface area contributed by atoms with Crippen LogP contribution in [0.3, 0.4) is 0 Å². The molecule has 1 saturated heterocycles. The monoisotopic (exact) mass is 654 g/mol. The van der Waals surface area contributed by atoms with Gasteiger partial charge in [-0.05, 0) is 37.6 Å². The molecule has 1 amide bonds. The Balaban J connectivity index is 1.68. The molecule has 3 aromatic rings. The molecule has 0 radical (unpaired) electrons. The number of nitrogens with one attached hydrogen (secondary N) is 3. The minimum atomic E-state index is -5.82. The average molecular weight is 655 g/mol. The highest BCUT2D eigenvalue weighted by molar-refractivity contribution is 6.39. The molecule has 1 aliphatic rings. The predicted molar refractivity (Wildman–Crippen MR) is 154 cm³/mol. The van der Waals surface area contributed by atoms with Crippen molar-refractivity contribution in [3.63, 3.8) is 0 Å². The highest BCUT2D eigenvalue weighted by Crippen LogP contribution is 2.38. The topological polar surface area (TPSA) is 83.5 Å². The van der Waals surface area contributed by atoms with Crippen LogP contribution in [0.2, 0.25) is 10.0 Å². The van der Waals surface area contributed by atoms with Crippen molar-refractivity contribution in [1.82, 2.24) is 20.2 Å². The zero-order valence-corrected chi connectivity index (χ0v) is 25.0. The summed E-state index contributed by atoms with van der Waals surface area (Å²) in [4.78, 5) is 19.3. The Kier molecular flexibility index (Phi) is 9.64. The van der Waals surface area contributed by atoms with Gasteiger partial charge in [0, 0.05) is 33.2 Å². The summed E-state index contributed by atoms with van der Waals surface area (Å²) in [5.74, 6) is -5.98. The number of aromatic nitrogens is 2. The van der Waals surface area contributed by atoms with Crippen molar-refractivity contribution in [3.05, 3.63) is 45.4 Å². The molecule has 236 valence electrons. The SMILES string of the molecule is Cn1c(Nc2c(Cl)ccc(CNCC(C)(C)F)c2Cl)nc2cc(C(=O)NCC(F)(F)C(F)(F)F)c(N3CCOCC3)cc21. The van der Waals surface area contributed by atoms with Crippen LogP contribution in [0.5, 0.6) is 0 Å². The third-order valence-corrected chi connectivity index (χ3v) is 7.50. The van der Waals surface area contributed by atoms with Gasteiger partial charge in [-0.1, -0.05) is 29.3 Å². The Morgan fingerprint density at radius 1 is 1.05 bits per heavy atom. The van der Waals surface area contributed by atoms with Gasteiger partial charge in [0.25, 0.3) is 5.91 Å². The molecule has 1 aromatic heterocycles. The molecule has 2 aromatic carbocycles.